The molecule has 0 bridgehead atoms. The van der Waals surface area contributed by atoms with Crippen molar-refractivity contribution in [2.24, 2.45) is 0 Å². The number of nitrogens with one attached hydrogen (secondary N) is 1. The van der Waals surface area contributed by atoms with E-state index in [9.17, 15) is 13.6 Å². The summed E-state index contributed by atoms with van der Waals surface area (Å²) in [7, 11) is 0. The van der Waals surface area contributed by atoms with Crippen LogP contribution in [-0.2, 0) is 0 Å². The Labute approximate surface area is 210 Å². The molecular weight excluding hydrogens is 462 g/mol. The maximum absolute atomic E-state index is 13.8. The van der Waals surface area contributed by atoms with Crippen molar-refractivity contribution in [2.75, 3.05) is 10.2 Å². The van der Waals surface area contributed by atoms with Crippen LogP contribution in [0.3, 0.4) is 0 Å². The molecule has 1 fully saturated rings. The molecule has 0 unspecified atom stereocenters. The molecule has 2 aromatic heterocycles. The number of hydrogen-bond donors (Lipinski definition) is 1. The Kier molecular flexibility index (Phi) is 8.13. The van der Waals surface area contributed by atoms with Gasteiger partial charge in [0.05, 0.1) is 0 Å². The first-order valence-corrected chi connectivity index (χ1v) is 12.3. The van der Waals surface area contributed by atoms with Gasteiger partial charge in [0, 0.05) is 29.8 Å². The second-order valence-electron chi connectivity index (χ2n) is 9.49. The molecule has 2 amide bonds. The van der Waals surface area contributed by atoms with Crippen molar-refractivity contribution >= 4 is 17.4 Å². The summed E-state index contributed by atoms with van der Waals surface area (Å²) in [5, 5.41) is 2.80. The van der Waals surface area contributed by atoms with Crippen LogP contribution < -0.4 is 15.0 Å². The zero-order chi connectivity index (χ0) is 25.7. The van der Waals surface area contributed by atoms with E-state index in [2.05, 4.69) is 39.9 Å². The van der Waals surface area contributed by atoms with Crippen molar-refractivity contribution in [3.05, 3.63) is 77.7 Å². The van der Waals surface area contributed by atoms with Crippen LogP contribution in [0.1, 0.15) is 68.2 Å². The average molecular weight is 495 g/mol. The van der Waals surface area contributed by atoms with Gasteiger partial charge in [-0.05, 0) is 79.8 Å². The van der Waals surface area contributed by atoms with E-state index >= 15 is 0 Å². The molecule has 0 spiro atoms. The maximum Gasteiger partial charge on any atom is 0.388 e. The van der Waals surface area contributed by atoms with E-state index in [-0.39, 0.29) is 23.5 Å². The Morgan fingerprint density at radius 1 is 1.06 bits per heavy atom. The number of rotatable bonds is 7. The Bertz CT molecular complexity index is 1170. The molecule has 1 aliphatic rings. The number of hydrogen-bond acceptors (Lipinski definition) is 4. The van der Waals surface area contributed by atoms with E-state index < -0.39 is 12.6 Å². The number of aryl methyl sites for hydroxylation is 1. The van der Waals surface area contributed by atoms with E-state index in [4.69, 9.17) is 0 Å². The minimum Gasteiger partial charge on any atom is -0.415 e. The lowest BCUT2D eigenvalue weighted by atomic mass is 9.81. The Morgan fingerprint density at radius 3 is 2.47 bits per heavy atom. The van der Waals surface area contributed by atoms with Crippen LogP contribution in [0, 0.1) is 6.92 Å². The highest BCUT2D eigenvalue weighted by atomic mass is 19.3. The van der Waals surface area contributed by atoms with Gasteiger partial charge in [-0.3, -0.25) is 9.88 Å². The molecule has 1 N–H and O–H groups in total. The SMILES string of the molecule is Cc1ccc(NC(=O)N(c2ccccc2C(C)C)C2CCC(c3cccnc3)CC2)c(OC(F)F)n1. The minimum atomic E-state index is -3.05. The summed E-state index contributed by atoms with van der Waals surface area (Å²) in [6.45, 7) is 2.81. The standard InChI is InChI=1S/C28H32F2N4O2/c1-18(2)23-8-4-5-9-25(23)34(22-13-11-20(12-14-22)21-7-6-16-31-17-21)28(35)33-24-15-10-19(3)32-26(24)36-27(29)30/h4-10,15-18,20,22,27H,11-14H2,1-3H3,(H,33,35). The molecule has 2 heterocycles. The summed E-state index contributed by atoms with van der Waals surface area (Å²) < 4.78 is 30.6. The fourth-order valence-electron chi connectivity index (χ4n) is 4.93. The number of para-hydroxylation sites is 1. The number of carbonyl (C=O) groups excluding carboxylic acids is 1. The average Bonchev–Trinajstić information content (AvgIpc) is 2.87. The molecule has 1 saturated carbocycles. The molecule has 8 heteroatoms. The molecule has 4 rings (SSSR count). The monoisotopic (exact) mass is 494 g/mol. The van der Waals surface area contributed by atoms with E-state index in [0.29, 0.717) is 11.6 Å². The lowest BCUT2D eigenvalue weighted by Gasteiger charge is -2.38. The number of alkyl halides is 2. The first kappa shape index (κ1) is 25.5. The number of halogens is 2. The molecule has 0 atom stereocenters. The van der Waals surface area contributed by atoms with E-state index in [1.807, 2.05) is 36.5 Å². The molecule has 0 aliphatic heterocycles. The lowest BCUT2D eigenvalue weighted by molar-refractivity contribution is -0.0523. The van der Waals surface area contributed by atoms with E-state index in [1.165, 1.54) is 5.56 Å². The molecule has 1 aliphatic carbocycles. The summed E-state index contributed by atoms with van der Waals surface area (Å²) in [6.07, 6.45) is 7.16. The van der Waals surface area contributed by atoms with E-state index in [0.717, 1.165) is 36.9 Å². The van der Waals surface area contributed by atoms with Crippen molar-refractivity contribution in [3.63, 3.8) is 0 Å². The summed E-state index contributed by atoms with van der Waals surface area (Å²) >= 11 is 0. The van der Waals surface area contributed by atoms with Gasteiger partial charge in [0.1, 0.15) is 5.69 Å². The van der Waals surface area contributed by atoms with Crippen molar-refractivity contribution < 1.29 is 18.3 Å². The molecule has 0 radical (unpaired) electrons. The Morgan fingerprint density at radius 2 is 1.81 bits per heavy atom. The molecule has 1 aromatic carbocycles. The number of amides is 2. The van der Waals surface area contributed by atoms with Gasteiger partial charge in [-0.25, -0.2) is 9.78 Å². The number of benzene rings is 1. The van der Waals surface area contributed by atoms with Gasteiger partial charge in [-0.2, -0.15) is 8.78 Å². The van der Waals surface area contributed by atoms with Crippen LogP contribution in [0.2, 0.25) is 0 Å². The van der Waals surface area contributed by atoms with Gasteiger partial charge in [-0.1, -0.05) is 38.1 Å². The molecule has 3 aromatic rings. The van der Waals surface area contributed by atoms with Crippen molar-refractivity contribution in [3.8, 4) is 5.88 Å². The number of ether oxygens (including phenoxy) is 1. The van der Waals surface area contributed by atoms with Crippen LogP contribution in [-0.4, -0.2) is 28.7 Å². The van der Waals surface area contributed by atoms with Gasteiger partial charge in [0.25, 0.3) is 0 Å². The predicted octanol–water partition coefficient (Wildman–Crippen LogP) is 7.27. The van der Waals surface area contributed by atoms with E-state index in [1.54, 1.807) is 30.2 Å². The lowest BCUT2D eigenvalue weighted by Crippen LogP contribution is -2.45. The summed E-state index contributed by atoms with van der Waals surface area (Å²) in [5.74, 6) is 0.297. The van der Waals surface area contributed by atoms with Crippen LogP contribution in [0.15, 0.2) is 60.9 Å². The predicted molar refractivity (Wildman–Crippen MR) is 137 cm³/mol. The first-order valence-electron chi connectivity index (χ1n) is 12.3. The third-order valence-corrected chi connectivity index (χ3v) is 6.70. The number of anilines is 2. The molecular formula is C28H32F2N4O2. The third kappa shape index (κ3) is 5.98. The largest absolute Gasteiger partial charge is 0.415 e. The van der Waals surface area contributed by atoms with Gasteiger partial charge in [0.15, 0.2) is 0 Å². The molecule has 0 saturated heterocycles. The van der Waals surface area contributed by atoms with Gasteiger partial charge in [0.2, 0.25) is 5.88 Å². The van der Waals surface area contributed by atoms with Crippen LogP contribution in [0.4, 0.5) is 25.0 Å². The Balaban J connectivity index is 1.63. The molecule has 36 heavy (non-hydrogen) atoms. The highest BCUT2D eigenvalue weighted by Crippen LogP contribution is 2.38. The quantitative estimate of drug-likeness (QED) is 0.375. The fourth-order valence-corrected chi connectivity index (χ4v) is 4.93. The first-order chi connectivity index (χ1) is 17.3. The van der Waals surface area contributed by atoms with Gasteiger partial charge >= 0.3 is 12.6 Å². The fraction of sp³-hybridized carbons (Fsp3) is 0.393. The number of pyridine rings is 2. The number of carbonyl (C=O) groups is 1. The number of urea groups is 1. The van der Waals surface area contributed by atoms with Crippen molar-refractivity contribution in [2.45, 2.75) is 70.9 Å². The summed E-state index contributed by atoms with van der Waals surface area (Å²) in [4.78, 5) is 23.9. The normalized spacial score (nSPS) is 17.8. The smallest absolute Gasteiger partial charge is 0.388 e. The van der Waals surface area contributed by atoms with Crippen LogP contribution >= 0.6 is 0 Å². The Hall–Kier alpha value is -3.55. The highest BCUT2D eigenvalue weighted by Gasteiger charge is 2.32. The zero-order valence-corrected chi connectivity index (χ0v) is 20.8. The number of nitrogens with zero attached hydrogens (tertiary/aromatic N) is 3. The van der Waals surface area contributed by atoms with Gasteiger partial charge in [-0.15, -0.1) is 0 Å². The minimum absolute atomic E-state index is 0.0457. The second kappa shape index (κ2) is 11.5. The number of aromatic nitrogens is 2. The maximum atomic E-state index is 13.8. The molecule has 190 valence electrons. The summed E-state index contributed by atoms with van der Waals surface area (Å²) in [6, 6.07) is 14.7. The molecule has 6 nitrogen and oxygen atoms in total. The van der Waals surface area contributed by atoms with Crippen LogP contribution in [0.5, 0.6) is 5.88 Å². The third-order valence-electron chi connectivity index (χ3n) is 6.70. The second-order valence-corrected chi connectivity index (χ2v) is 9.49. The van der Waals surface area contributed by atoms with Crippen molar-refractivity contribution in [1.29, 1.82) is 0 Å². The topological polar surface area (TPSA) is 67.4 Å². The highest BCUT2D eigenvalue weighted by molar-refractivity contribution is 6.03. The van der Waals surface area contributed by atoms with Crippen LogP contribution in [0.25, 0.3) is 0 Å². The zero-order valence-electron chi connectivity index (χ0n) is 20.8. The van der Waals surface area contributed by atoms with Crippen molar-refractivity contribution in [1.82, 2.24) is 9.97 Å². The summed E-state index contributed by atoms with van der Waals surface area (Å²) in [5.41, 5.74) is 3.72. The van der Waals surface area contributed by atoms with Gasteiger partial charge < -0.3 is 10.1 Å².